The molecule has 38 heavy (non-hydrogen) atoms. The lowest BCUT2D eigenvalue weighted by Gasteiger charge is -2.14. The number of nitrogens with one attached hydrogen (secondary N) is 1. The summed E-state index contributed by atoms with van der Waals surface area (Å²) < 4.78 is 16.6. The molecule has 186 valence electrons. The molecule has 1 N–H and O–H groups in total. The van der Waals surface area contributed by atoms with Gasteiger partial charge in [0.25, 0.3) is 5.91 Å². The zero-order valence-corrected chi connectivity index (χ0v) is 20.3. The fourth-order valence-corrected chi connectivity index (χ4v) is 4.14. The van der Waals surface area contributed by atoms with E-state index in [2.05, 4.69) is 5.32 Å². The second-order valence-corrected chi connectivity index (χ2v) is 8.68. The summed E-state index contributed by atoms with van der Waals surface area (Å²) in [5.74, 6) is -0.0276. The van der Waals surface area contributed by atoms with Crippen LogP contribution in [0.4, 0.5) is 5.69 Å². The Morgan fingerprint density at radius 1 is 0.763 bits per heavy atom. The largest absolute Gasteiger partial charge is 0.463 e. The van der Waals surface area contributed by atoms with Crippen molar-refractivity contribution in [3.8, 4) is 22.9 Å². The number of hydrogen-bond donors (Lipinski definition) is 1. The second-order valence-electron chi connectivity index (χ2n) is 8.68. The van der Waals surface area contributed by atoms with Crippen LogP contribution in [-0.4, -0.2) is 27.9 Å². The highest BCUT2D eigenvalue weighted by molar-refractivity contribution is 6.00. The van der Waals surface area contributed by atoms with Crippen molar-refractivity contribution < 1.29 is 23.2 Å². The van der Waals surface area contributed by atoms with Crippen LogP contribution in [0.25, 0.3) is 44.7 Å². The molecule has 0 aliphatic rings. The molecule has 0 bridgehead atoms. The van der Waals surface area contributed by atoms with Crippen LogP contribution in [0.2, 0.25) is 0 Å². The third kappa shape index (κ3) is 4.51. The van der Waals surface area contributed by atoms with Crippen LogP contribution in [0, 0.1) is 0 Å². The van der Waals surface area contributed by atoms with Gasteiger partial charge in [-0.15, -0.1) is 0 Å². The molecule has 0 radical (unpaired) electrons. The smallest absolute Gasteiger partial charge is 0.338 e. The summed E-state index contributed by atoms with van der Waals surface area (Å²) in [6, 6.07) is 25.4. The monoisotopic (exact) mass is 503 g/mol. The summed E-state index contributed by atoms with van der Waals surface area (Å²) >= 11 is 0. The molecule has 1 atom stereocenters. The third-order valence-corrected chi connectivity index (χ3v) is 6.08. The number of esters is 1. The topological polar surface area (TPSA) is 107 Å². The van der Waals surface area contributed by atoms with E-state index < -0.39 is 18.0 Å². The van der Waals surface area contributed by atoms with Gasteiger partial charge in [-0.1, -0.05) is 30.3 Å². The molecule has 0 fully saturated rings. The van der Waals surface area contributed by atoms with Gasteiger partial charge in [-0.25, -0.2) is 14.8 Å². The SMILES string of the molecule is CC(OC(=O)c1ccc2nc(-c3ccco3)c(-c3ccco3)nc2c1)C(=O)Nc1ccc2ccccc2c1. The van der Waals surface area contributed by atoms with Gasteiger partial charge in [-0.05, 0) is 72.3 Å². The van der Waals surface area contributed by atoms with Crippen LogP contribution in [0.1, 0.15) is 17.3 Å². The molecule has 8 nitrogen and oxygen atoms in total. The summed E-state index contributed by atoms with van der Waals surface area (Å²) in [5.41, 5.74) is 2.89. The number of carbonyl (C=O) groups is 2. The summed E-state index contributed by atoms with van der Waals surface area (Å²) in [4.78, 5) is 35.0. The van der Waals surface area contributed by atoms with Crippen LogP contribution in [0.3, 0.4) is 0 Å². The number of benzene rings is 3. The van der Waals surface area contributed by atoms with Crippen molar-refractivity contribution in [1.82, 2.24) is 9.97 Å². The first kappa shape index (κ1) is 23.2. The van der Waals surface area contributed by atoms with Gasteiger partial charge in [-0.3, -0.25) is 4.79 Å². The molecule has 0 saturated heterocycles. The molecule has 3 aromatic carbocycles. The van der Waals surface area contributed by atoms with Crippen molar-refractivity contribution in [3.63, 3.8) is 0 Å². The zero-order chi connectivity index (χ0) is 26.1. The van der Waals surface area contributed by atoms with E-state index in [1.54, 1.807) is 55.0 Å². The fourth-order valence-electron chi connectivity index (χ4n) is 4.14. The first-order valence-corrected chi connectivity index (χ1v) is 12.0. The lowest BCUT2D eigenvalue weighted by Crippen LogP contribution is -2.30. The third-order valence-electron chi connectivity index (χ3n) is 6.08. The number of rotatable bonds is 6. The van der Waals surface area contributed by atoms with Crippen LogP contribution in [0.5, 0.6) is 0 Å². The van der Waals surface area contributed by atoms with Gasteiger partial charge in [-0.2, -0.15) is 0 Å². The van der Waals surface area contributed by atoms with E-state index in [9.17, 15) is 9.59 Å². The molecule has 6 aromatic rings. The van der Waals surface area contributed by atoms with Gasteiger partial charge >= 0.3 is 5.97 Å². The van der Waals surface area contributed by atoms with Gasteiger partial charge in [0.1, 0.15) is 11.4 Å². The predicted octanol–water partition coefficient (Wildman–Crippen LogP) is 6.49. The minimum atomic E-state index is -1.02. The Kier molecular flexibility index (Phi) is 5.89. The maximum atomic E-state index is 12.9. The molecule has 3 heterocycles. The molecule has 6 rings (SSSR count). The van der Waals surface area contributed by atoms with E-state index in [4.69, 9.17) is 23.5 Å². The normalized spacial score (nSPS) is 11.9. The Hall–Kier alpha value is -5.24. The first-order valence-electron chi connectivity index (χ1n) is 12.0. The molecule has 1 amide bonds. The van der Waals surface area contributed by atoms with Crippen molar-refractivity contribution in [2.45, 2.75) is 13.0 Å². The molecule has 3 aromatic heterocycles. The van der Waals surface area contributed by atoms with Crippen molar-refractivity contribution in [1.29, 1.82) is 0 Å². The fraction of sp³-hybridized carbons (Fsp3) is 0.0667. The summed E-state index contributed by atoms with van der Waals surface area (Å²) in [6.07, 6.45) is 2.09. The molecule has 0 aliphatic heterocycles. The maximum absolute atomic E-state index is 12.9. The van der Waals surface area contributed by atoms with Crippen LogP contribution < -0.4 is 5.32 Å². The van der Waals surface area contributed by atoms with Crippen molar-refractivity contribution in [3.05, 3.63) is 103 Å². The Bertz CT molecular complexity index is 1780. The summed E-state index contributed by atoms with van der Waals surface area (Å²) in [7, 11) is 0. The number of anilines is 1. The van der Waals surface area contributed by atoms with E-state index in [1.165, 1.54) is 6.92 Å². The van der Waals surface area contributed by atoms with E-state index in [-0.39, 0.29) is 5.56 Å². The standard InChI is InChI=1S/C30H21N3O5/c1-18(29(34)31-22-12-10-19-6-2-3-7-20(19)16-22)38-30(35)21-11-13-23-24(17-21)33-28(26-9-5-15-37-26)27(32-23)25-8-4-14-36-25/h2-18H,1H3,(H,31,34). The number of amides is 1. The van der Waals surface area contributed by atoms with Crippen molar-refractivity contribution in [2.24, 2.45) is 0 Å². The lowest BCUT2D eigenvalue weighted by molar-refractivity contribution is -0.123. The van der Waals surface area contributed by atoms with Crippen LogP contribution >= 0.6 is 0 Å². The number of furan rings is 2. The van der Waals surface area contributed by atoms with Crippen molar-refractivity contribution >= 4 is 39.4 Å². The summed E-state index contributed by atoms with van der Waals surface area (Å²) in [5, 5.41) is 4.87. The minimum absolute atomic E-state index is 0.244. The predicted molar refractivity (Wildman–Crippen MR) is 142 cm³/mol. The lowest BCUT2D eigenvalue weighted by atomic mass is 10.1. The zero-order valence-electron chi connectivity index (χ0n) is 20.3. The highest BCUT2D eigenvalue weighted by Gasteiger charge is 2.21. The van der Waals surface area contributed by atoms with E-state index >= 15 is 0 Å². The molecule has 0 spiro atoms. The van der Waals surface area contributed by atoms with Crippen LogP contribution in [-0.2, 0) is 9.53 Å². The highest BCUT2D eigenvalue weighted by Crippen LogP contribution is 2.31. The van der Waals surface area contributed by atoms with E-state index in [0.717, 1.165) is 10.8 Å². The van der Waals surface area contributed by atoms with Gasteiger partial charge in [0.05, 0.1) is 29.1 Å². The van der Waals surface area contributed by atoms with Gasteiger partial charge in [0.2, 0.25) is 0 Å². The maximum Gasteiger partial charge on any atom is 0.338 e. The average Bonchev–Trinajstić information content (AvgIpc) is 3.67. The van der Waals surface area contributed by atoms with E-state index in [0.29, 0.717) is 39.6 Å². The first-order chi connectivity index (χ1) is 18.5. The highest BCUT2D eigenvalue weighted by atomic mass is 16.5. The van der Waals surface area contributed by atoms with E-state index in [1.807, 2.05) is 42.5 Å². The molecule has 1 unspecified atom stereocenters. The quantitative estimate of drug-likeness (QED) is 0.259. The molecular formula is C30H21N3O5. The van der Waals surface area contributed by atoms with Crippen LogP contribution in [0.15, 0.2) is 106 Å². The van der Waals surface area contributed by atoms with Crippen molar-refractivity contribution in [2.75, 3.05) is 5.32 Å². The molecule has 0 aliphatic carbocycles. The second kappa shape index (κ2) is 9.67. The number of carbonyl (C=O) groups excluding carboxylic acids is 2. The Labute approximate surface area is 216 Å². The number of fused-ring (bicyclic) bond motifs is 2. The van der Waals surface area contributed by atoms with Gasteiger partial charge in [0.15, 0.2) is 17.6 Å². The molecular weight excluding hydrogens is 482 g/mol. The van der Waals surface area contributed by atoms with Gasteiger partial charge < -0.3 is 18.9 Å². The number of ether oxygens (including phenoxy) is 1. The summed E-state index contributed by atoms with van der Waals surface area (Å²) in [6.45, 7) is 1.53. The average molecular weight is 504 g/mol. The number of nitrogens with zero attached hydrogens (tertiary/aromatic N) is 2. The Balaban J connectivity index is 1.23. The minimum Gasteiger partial charge on any atom is -0.463 e. The Morgan fingerprint density at radius 2 is 1.45 bits per heavy atom. The Morgan fingerprint density at radius 3 is 2.13 bits per heavy atom. The molecule has 0 saturated carbocycles. The number of aromatic nitrogens is 2. The molecule has 8 heteroatoms. The number of hydrogen-bond acceptors (Lipinski definition) is 7. The van der Waals surface area contributed by atoms with Gasteiger partial charge in [0, 0.05) is 5.69 Å².